The molecule has 0 bridgehead atoms. The van der Waals surface area contributed by atoms with Crippen molar-refractivity contribution in [2.75, 3.05) is 13.2 Å². The molecule has 0 saturated carbocycles. The number of aliphatic hydroxyl groups is 1. The normalized spacial score (nSPS) is 10.0. The number of amides is 1. The number of carbonyl (C=O) groups excluding carboxylic acids is 1. The van der Waals surface area contributed by atoms with Gasteiger partial charge in [-0.3, -0.25) is 4.79 Å². The molecule has 0 aliphatic rings. The molecule has 2 N–H and O–H groups in total. The summed E-state index contributed by atoms with van der Waals surface area (Å²) in [5.41, 5.74) is 1.51. The minimum absolute atomic E-state index is 0.0354. The Bertz CT molecular complexity index is 464. The van der Waals surface area contributed by atoms with E-state index in [4.69, 9.17) is 5.11 Å². The van der Waals surface area contributed by atoms with Crippen molar-refractivity contribution in [1.82, 2.24) is 5.32 Å². The van der Waals surface area contributed by atoms with Crippen LogP contribution in [0.5, 0.6) is 0 Å². The minimum atomic E-state index is -0.0354. The van der Waals surface area contributed by atoms with Gasteiger partial charge in [-0.15, -0.1) is 0 Å². The van der Waals surface area contributed by atoms with Crippen molar-refractivity contribution in [3.8, 4) is 11.8 Å². The van der Waals surface area contributed by atoms with E-state index in [1.54, 1.807) is 12.1 Å². The highest BCUT2D eigenvalue weighted by molar-refractivity contribution is 5.94. The van der Waals surface area contributed by atoms with Crippen molar-refractivity contribution in [1.29, 1.82) is 0 Å². The third kappa shape index (κ3) is 5.46. The predicted octanol–water partition coefficient (Wildman–Crippen LogP) is 2.59. The van der Waals surface area contributed by atoms with Crippen molar-refractivity contribution in [2.45, 2.75) is 33.1 Å². The van der Waals surface area contributed by atoms with Crippen LogP contribution in [0.4, 0.5) is 0 Å². The number of benzene rings is 1. The van der Waals surface area contributed by atoms with Crippen LogP contribution in [0, 0.1) is 17.8 Å². The largest absolute Gasteiger partial charge is 0.395 e. The average molecular weight is 273 g/mol. The van der Waals surface area contributed by atoms with E-state index in [1.165, 1.54) is 0 Å². The lowest BCUT2D eigenvalue weighted by molar-refractivity contribution is 0.0946. The zero-order valence-electron chi connectivity index (χ0n) is 12.3. The average Bonchev–Trinajstić information content (AvgIpc) is 2.49. The Morgan fingerprint density at radius 2 is 1.90 bits per heavy atom. The Kier molecular flexibility index (Phi) is 7.46. The highest BCUT2D eigenvalue weighted by Crippen LogP contribution is 2.07. The van der Waals surface area contributed by atoms with Crippen LogP contribution in [0.15, 0.2) is 24.3 Å². The molecule has 0 spiro atoms. The summed E-state index contributed by atoms with van der Waals surface area (Å²) in [6, 6.07) is 7.23. The zero-order chi connectivity index (χ0) is 14.8. The maximum Gasteiger partial charge on any atom is 0.251 e. The van der Waals surface area contributed by atoms with Crippen LogP contribution in [-0.4, -0.2) is 24.2 Å². The monoisotopic (exact) mass is 273 g/mol. The molecule has 0 heterocycles. The zero-order valence-corrected chi connectivity index (χ0v) is 12.3. The van der Waals surface area contributed by atoms with Crippen molar-refractivity contribution in [2.24, 2.45) is 5.92 Å². The maximum absolute atomic E-state index is 12.0. The van der Waals surface area contributed by atoms with Crippen LogP contribution in [0.1, 0.15) is 49.0 Å². The molecule has 0 aromatic heterocycles. The van der Waals surface area contributed by atoms with Gasteiger partial charge in [-0.1, -0.05) is 38.5 Å². The summed E-state index contributed by atoms with van der Waals surface area (Å²) in [7, 11) is 0. The molecule has 3 nitrogen and oxygen atoms in total. The molecule has 3 heteroatoms. The molecule has 1 aromatic carbocycles. The summed E-state index contributed by atoms with van der Waals surface area (Å²) >= 11 is 0. The van der Waals surface area contributed by atoms with E-state index in [1.807, 2.05) is 12.1 Å². The van der Waals surface area contributed by atoms with Gasteiger partial charge in [0.25, 0.3) is 5.91 Å². The molecule has 0 aliphatic carbocycles. The van der Waals surface area contributed by atoms with Crippen molar-refractivity contribution in [3.05, 3.63) is 35.4 Å². The van der Waals surface area contributed by atoms with Gasteiger partial charge in [0.15, 0.2) is 0 Å². The number of hydrogen-bond donors (Lipinski definition) is 2. The smallest absolute Gasteiger partial charge is 0.251 e. The molecular weight excluding hydrogens is 250 g/mol. The fourth-order valence-corrected chi connectivity index (χ4v) is 1.84. The molecule has 0 radical (unpaired) electrons. The fourth-order valence-electron chi connectivity index (χ4n) is 1.84. The Morgan fingerprint density at radius 1 is 1.25 bits per heavy atom. The molecule has 1 rings (SSSR count). The van der Waals surface area contributed by atoms with Crippen LogP contribution in [0.3, 0.4) is 0 Å². The van der Waals surface area contributed by atoms with Gasteiger partial charge in [-0.2, -0.15) is 0 Å². The Labute approximate surface area is 121 Å². The SMILES string of the molecule is CCC(CC)CNC(=O)c1ccc(C#CCCO)cc1. The molecule has 1 aromatic rings. The van der Waals surface area contributed by atoms with Gasteiger partial charge < -0.3 is 10.4 Å². The molecule has 20 heavy (non-hydrogen) atoms. The Balaban J connectivity index is 2.55. The first-order chi connectivity index (χ1) is 9.71. The lowest BCUT2D eigenvalue weighted by Gasteiger charge is -2.13. The number of carbonyl (C=O) groups is 1. The van der Waals surface area contributed by atoms with Crippen LogP contribution < -0.4 is 5.32 Å². The fraction of sp³-hybridized carbons (Fsp3) is 0.471. The van der Waals surface area contributed by atoms with Gasteiger partial charge in [-0.25, -0.2) is 0 Å². The quantitative estimate of drug-likeness (QED) is 0.783. The van der Waals surface area contributed by atoms with Gasteiger partial charge in [0.2, 0.25) is 0 Å². The van der Waals surface area contributed by atoms with E-state index in [-0.39, 0.29) is 12.5 Å². The van der Waals surface area contributed by atoms with E-state index in [2.05, 4.69) is 31.0 Å². The van der Waals surface area contributed by atoms with E-state index < -0.39 is 0 Å². The highest BCUT2D eigenvalue weighted by atomic mass is 16.2. The Hall–Kier alpha value is -1.79. The second kappa shape index (κ2) is 9.17. The highest BCUT2D eigenvalue weighted by Gasteiger charge is 2.08. The van der Waals surface area contributed by atoms with Crippen LogP contribution in [-0.2, 0) is 0 Å². The van der Waals surface area contributed by atoms with Gasteiger partial charge in [-0.05, 0) is 30.2 Å². The molecule has 0 unspecified atom stereocenters. The first-order valence-electron chi connectivity index (χ1n) is 7.19. The molecule has 1 amide bonds. The standard InChI is InChI=1S/C17H23NO2/c1-3-14(4-2)13-18-17(20)16-10-8-15(9-11-16)7-5-6-12-19/h8-11,14,19H,3-4,6,12-13H2,1-2H3,(H,18,20). The minimum Gasteiger partial charge on any atom is -0.395 e. The third-order valence-electron chi connectivity index (χ3n) is 3.32. The number of aliphatic hydroxyl groups excluding tert-OH is 1. The molecule has 108 valence electrons. The first-order valence-corrected chi connectivity index (χ1v) is 7.19. The van der Waals surface area contributed by atoms with E-state index in [9.17, 15) is 4.79 Å². The van der Waals surface area contributed by atoms with Crippen LogP contribution >= 0.6 is 0 Å². The summed E-state index contributed by atoms with van der Waals surface area (Å²) < 4.78 is 0. The molecule has 0 atom stereocenters. The summed E-state index contributed by atoms with van der Waals surface area (Å²) in [5.74, 6) is 6.30. The van der Waals surface area contributed by atoms with E-state index in [0.29, 0.717) is 17.9 Å². The lowest BCUT2D eigenvalue weighted by Crippen LogP contribution is -2.28. The second-order valence-corrected chi connectivity index (χ2v) is 4.75. The summed E-state index contributed by atoms with van der Waals surface area (Å²) in [4.78, 5) is 12.0. The van der Waals surface area contributed by atoms with Crippen LogP contribution in [0.25, 0.3) is 0 Å². The van der Waals surface area contributed by atoms with Crippen molar-refractivity contribution in [3.63, 3.8) is 0 Å². The van der Waals surface area contributed by atoms with Crippen LogP contribution in [0.2, 0.25) is 0 Å². The molecule has 0 aliphatic heterocycles. The third-order valence-corrected chi connectivity index (χ3v) is 3.32. The topological polar surface area (TPSA) is 49.3 Å². The molecular formula is C17H23NO2. The van der Waals surface area contributed by atoms with Gasteiger partial charge in [0, 0.05) is 24.1 Å². The van der Waals surface area contributed by atoms with E-state index >= 15 is 0 Å². The number of rotatable bonds is 6. The molecule has 0 fully saturated rings. The number of nitrogens with one attached hydrogen (secondary N) is 1. The van der Waals surface area contributed by atoms with Crippen molar-refractivity contribution < 1.29 is 9.90 Å². The van der Waals surface area contributed by atoms with Crippen molar-refractivity contribution >= 4 is 5.91 Å². The van der Waals surface area contributed by atoms with E-state index in [0.717, 1.165) is 24.9 Å². The summed E-state index contributed by atoms with van der Waals surface area (Å²) in [6.45, 7) is 5.08. The predicted molar refractivity (Wildman–Crippen MR) is 81.4 cm³/mol. The van der Waals surface area contributed by atoms with Gasteiger partial charge in [0.1, 0.15) is 0 Å². The lowest BCUT2D eigenvalue weighted by atomic mass is 10.0. The maximum atomic E-state index is 12.0. The molecule has 0 saturated heterocycles. The number of hydrogen-bond acceptors (Lipinski definition) is 2. The summed E-state index contributed by atoms with van der Waals surface area (Å²) in [6.07, 6.45) is 2.63. The second-order valence-electron chi connectivity index (χ2n) is 4.75. The van der Waals surface area contributed by atoms with Gasteiger partial charge >= 0.3 is 0 Å². The summed E-state index contributed by atoms with van der Waals surface area (Å²) in [5, 5.41) is 11.6. The van der Waals surface area contributed by atoms with Gasteiger partial charge in [0.05, 0.1) is 6.61 Å². The first kappa shape index (κ1) is 16.3. The Morgan fingerprint density at radius 3 is 2.45 bits per heavy atom.